The van der Waals surface area contributed by atoms with Gasteiger partial charge in [0.1, 0.15) is 24.0 Å². The molecule has 1 aromatic heterocycles. The first-order valence-electron chi connectivity index (χ1n) is 10.7. The first kappa shape index (κ1) is 20.6. The van der Waals surface area contributed by atoms with E-state index in [0.29, 0.717) is 11.9 Å². The summed E-state index contributed by atoms with van der Waals surface area (Å²) in [6.07, 6.45) is 5.63. The van der Waals surface area contributed by atoms with E-state index in [1.54, 1.807) is 0 Å². The molecule has 0 saturated heterocycles. The van der Waals surface area contributed by atoms with Gasteiger partial charge in [0.2, 0.25) is 0 Å². The number of fused-ring (bicyclic) bond motifs is 3. The molecule has 1 aromatic carbocycles. The molecule has 0 amide bonds. The van der Waals surface area contributed by atoms with E-state index in [4.69, 9.17) is 21.0 Å². The first-order valence-corrected chi connectivity index (χ1v) is 10.7. The van der Waals surface area contributed by atoms with Crippen LogP contribution in [-0.2, 0) is 10.3 Å². The Morgan fingerprint density at radius 2 is 1.83 bits per heavy atom. The maximum atomic E-state index is 6.31. The molecule has 0 radical (unpaired) electrons. The minimum absolute atomic E-state index is 0.0339. The highest BCUT2D eigenvalue weighted by Crippen LogP contribution is 2.45. The van der Waals surface area contributed by atoms with E-state index in [1.807, 2.05) is 26.0 Å². The van der Waals surface area contributed by atoms with Gasteiger partial charge in [-0.05, 0) is 71.6 Å². The van der Waals surface area contributed by atoms with Gasteiger partial charge >= 0.3 is 0 Å². The Kier molecular flexibility index (Phi) is 5.40. The highest BCUT2D eigenvalue weighted by molar-refractivity contribution is 6.15. The second kappa shape index (κ2) is 7.87. The number of oxime groups is 1. The van der Waals surface area contributed by atoms with Crippen molar-refractivity contribution in [3.63, 3.8) is 0 Å². The van der Waals surface area contributed by atoms with Crippen LogP contribution >= 0.6 is 0 Å². The number of anilines is 1. The van der Waals surface area contributed by atoms with Crippen LogP contribution in [0.25, 0.3) is 11.3 Å². The van der Waals surface area contributed by atoms with Gasteiger partial charge in [0.15, 0.2) is 0 Å². The molecule has 30 heavy (non-hydrogen) atoms. The average Bonchev–Trinajstić information content (AvgIpc) is 2.69. The van der Waals surface area contributed by atoms with Crippen molar-refractivity contribution < 1.29 is 9.57 Å². The third-order valence-electron chi connectivity index (χ3n) is 5.97. The molecule has 0 spiro atoms. The van der Waals surface area contributed by atoms with Crippen molar-refractivity contribution in [1.82, 2.24) is 9.97 Å². The van der Waals surface area contributed by atoms with Crippen molar-refractivity contribution in [2.45, 2.75) is 77.0 Å². The summed E-state index contributed by atoms with van der Waals surface area (Å²) in [5, 5.41) is 4.55. The molecule has 4 N–H and O–H groups in total. The molecule has 7 heteroatoms. The van der Waals surface area contributed by atoms with E-state index < -0.39 is 5.41 Å². The van der Waals surface area contributed by atoms with Crippen molar-refractivity contribution in [3.05, 3.63) is 35.7 Å². The number of hydrogen-bond acceptors (Lipinski definition) is 7. The van der Waals surface area contributed by atoms with Gasteiger partial charge in [-0.25, -0.2) is 9.97 Å². The molecule has 0 bridgehead atoms. The minimum Gasteiger partial charge on any atom is -0.490 e. The number of aromatic nitrogens is 2. The number of hydrogen-bond donors (Lipinski definition) is 2. The lowest BCUT2D eigenvalue weighted by Gasteiger charge is -2.35. The van der Waals surface area contributed by atoms with E-state index in [1.165, 1.54) is 6.33 Å². The molecule has 1 fully saturated rings. The largest absolute Gasteiger partial charge is 0.490 e. The molecule has 0 atom stereocenters. The van der Waals surface area contributed by atoms with Gasteiger partial charge in [0, 0.05) is 28.1 Å². The number of nitrogens with two attached hydrogens (primary N) is 2. The van der Waals surface area contributed by atoms with Crippen LogP contribution in [0.15, 0.2) is 29.7 Å². The van der Waals surface area contributed by atoms with Gasteiger partial charge in [0.25, 0.3) is 0 Å². The van der Waals surface area contributed by atoms with E-state index >= 15 is 0 Å². The minimum atomic E-state index is -0.515. The Morgan fingerprint density at radius 1 is 1.10 bits per heavy atom. The van der Waals surface area contributed by atoms with Crippen LogP contribution in [-0.4, -0.2) is 33.9 Å². The Hall–Kier alpha value is -2.67. The number of ether oxygens (including phenoxy) is 1. The van der Waals surface area contributed by atoms with Gasteiger partial charge < -0.3 is 21.0 Å². The average molecular weight is 410 g/mol. The highest BCUT2D eigenvalue weighted by atomic mass is 16.6. The summed E-state index contributed by atoms with van der Waals surface area (Å²) in [6, 6.07) is 6.37. The molecular weight excluding hydrogens is 378 g/mol. The highest BCUT2D eigenvalue weighted by Gasteiger charge is 2.41. The number of nitrogens with zero attached hydrogens (tertiary/aromatic N) is 3. The number of nitrogen functional groups attached to an aromatic ring is 1. The second-order valence-corrected chi connectivity index (χ2v) is 9.06. The Balaban J connectivity index is 1.78. The second-order valence-electron chi connectivity index (χ2n) is 9.06. The summed E-state index contributed by atoms with van der Waals surface area (Å²) in [4.78, 5) is 14.5. The van der Waals surface area contributed by atoms with Crippen LogP contribution in [0.4, 0.5) is 5.82 Å². The summed E-state index contributed by atoms with van der Waals surface area (Å²) in [6.45, 7) is 8.07. The van der Waals surface area contributed by atoms with Crippen molar-refractivity contribution in [3.8, 4) is 17.0 Å². The van der Waals surface area contributed by atoms with Crippen LogP contribution in [0.1, 0.15) is 64.5 Å². The first-order chi connectivity index (χ1) is 14.3. The SMILES string of the molecule is CC(C)O/N=C1\c2cc(O[C@H]3CC[C@H](N)CC3)ccc2-c2ncnc(N)c2C1(C)C. The van der Waals surface area contributed by atoms with Crippen molar-refractivity contribution in [1.29, 1.82) is 0 Å². The van der Waals surface area contributed by atoms with Crippen LogP contribution < -0.4 is 16.2 Å². The standard InChI is InChI=1S/C23H31N5O2/c1-13(2)30-28-21-18-11-16(29-15-7-5-14(24)6-8-15)9-10-17(18)20-19(23(21,3)4)22(25)27-12-26-20/h9-15H,5-8,24H2,1-4H3,(H2,25,26,27)/b28-21+/t14-,15-. The molecule has 0 unspecified atom stereocenters. The summed E-state index contributed by atoms with van der Waals surface area (Å²) in [5.41, 5.74) is 16.2. The molecule has 0 aliphatic heterocycles. The summed E-state index contributed by atoms with van der Waals surface area (Å²) in [5.74, 6) is 1.29. The van der Waals surface area contributed by atoms with Gasteiger partial charge in [-0.15, -0.1) is 0 Å². The third kappa shape index (κ3) is 3.74. The predicted octanol–water partition coefficient (Wildman–Crippen LogP) is 3.79. The fourth-order valence-electron chi connectivity index (χ4n) is 4.39. The van der Waals surface area contributed by atoms with Crippen molar-refractivity contribution in [2.75, 3.05) is 5.73 Å². The van der Waals surface area contributed by atoms with Crippen molar-refractivity contribution >= 4 is 11.5 Å². The molecule has 1 saturated carbocycles. The van der Waals surface area contributed by atoms with E-state index in [2.05, 4.69) is 35.0 Å². The fraction of sp³-hybridized carbons (Fsp3) is 0.522. The zero-order valence-corrected chi connectivity index (χ0v) is 18.2. The monoisotopic (exact) mass is 409 g/mol. The molecular formula is C23H31N5O2. The van der Waals surface area contributed by atoms with E-state index in [-0.39, 0.29) is 12.2 Å². The Bertz CT molecular complexity index is 962. The van der Waals surface area contributed by atoms with E-state index in [9.17, 15) is 0 Å². The lowest BCUT2D eigenvalue weighted by atomic mass is 9.70. The number of benzene rings is 1. The van der Waals surface area contributed by atoms with Gasteiger partial charge in [-0.1, -0.05) is 5.16 Å². The molecule has 2 aliphatic rings. The van der Waals surface area contributed by atoms with Gasteiger partial charge in [-0.3, -0.25) is 0 Å². The quantitative estimate of drug-likeness (QED) is 0.744. The normalized spacial score (nSPS) is 23.7. The summed E-state index contributed by atoms with van der Waals surface area (Å²) >= 11 is 0. The van der Waals surface area contributed by atoms with Gasteiger partial charge in [0.05, 0.1) is 17.5 Å². The Morgan fingerprint density at radius 3 is 2.53 bits per heavy atom. The van der Waals surface area contributed by atoms with Crippen LogP contribution in [0, 0.1) is 0 Å². The molecule has 7 nitrogen and oxygen atoms in total. The lowest BCUT2D eigenvalue weighted by Crippen LogP contribution is -2.36. The zero-order valence-electron chi connectivity index (χ0n) is 18.2. The smallest absolute Gasteiger partial charge is 0.131 e. The van der Waals surface area contributed by atoms with Crippen molar-refractivity contribution in [2.24, 2.45) is 10.9 Å². The Labute approximate surface area is 177 Å². The predicted molar refractivity (Wildman–Crippen MR) is 119 cm³/mol. The summed E-state index contributed by atoms with van der Waals surface area (Å²) < 4.78 is 6.31. The molecule has 2 aliphatic carbocycles. The lowest BCUT2D eigenvalue weighted by molar-refractivity contribution is 0.0847. The zero-order chi connectivity index (χ0) is 21.5. The summed E-state index contributed by atoms with van der Waals surface area (Å²) in [7, 11) is 0. The molecule has 4 rings (SSSR count). The maximum Gasteiger partial charge on any atom is 0.131 e. The molecule has 1 heterocycles. The van der Waals surface area contributed by atoms with E-state index in [0.717, 1.165) is 59.5 Å². The van der Waals surface area contributed by atoms with Gasteiger partial charge in [-0.2, -0.15) is 0 Å². The number of rotatable bonds is 4. The maximum absolute atomic E-state index is 6.31. The van der Waals surface area contributed by atoms with Crippen LogP contribution in [0.3, 0.4) is 0 Å². The fourth-order valence-corrected chi connectivity index (χ4v) is 4.39. The molecule has 2 aromatic rings. The topological polar surface area (TPSA) is 109 Å². The third-order valence-corrected chi connectivity index (χ3v) is 5.97. The molecule has 160 valence electrons. The van der Waals surface area contributed by atoms with Crippen LogP contribution in [0.5, 0.6) is 5.75 Å². The van der Waals surface area contributed by atoms with Crippen LogP contribution in [0.2, 0.25) is 0 Å².